The topological polar surface area (TPSA) is 194 Å². The van der Waals surface area contributed by atoms with Crippen molar-refractivity contribution in [3.8, 4) is 0 Å². The van der Waals surface area contributed by atoms with Crippen LogP contribution in [0.1, 0.15) is 31.9 Å². The van der Waals surface area contributed by atoms with E-state index in [1.807, 2.05) is 43.3 Å². The molecule has 2 aromatic carbocycles. The van der Waals surface area contributed by atoms with E-state index in [2.05, 4.69) is 10.0 Å². The van der Waals surface area contributed by atoms with Crippen molar-refractivity contribution in [3.05, 3.63) is 82.2 Å². The van der Waals surface area contributed by atoms with Crippen molar-refractivity contribution in [2.24, 2.45) is 5.11 Å². The fraction of sp³-hybridized carbons (Fsp3) is 0.559. The lowest BCUT2D eigenvalue weighted by Gasteiger charge is -2.48. The summed E-state index contributed by atoms with van der Waals surface area (Å²) < 4.78 is 47.7. The Balaban J connectivity index is 1.70. The second kappa shape index (κ2) is 20.6. The van der Waals surface area contributed by atoms with Gasteiger partial charge in [0.25, 0.3) is 0 Å². The quantitative estimate of drug-likeness (QED) is 0.0608. The molecule has 15 nitrogen and oxygen atoms in total. The van der Waals surface area contributed by atoms with E-state index < -0.39 is 90.9 Å². The van der Waals surface area contributed by atoms with Gasteiger partial charge >= 0.3 is 17.9 Å². The molecule has 2 saturated heterocycles. The number of ether oxygens (including phenoxy) is 8. The summed E-state index contributed by atoms with van der Waals surface area (Å²) in [5.74, 6) is -2.23. The SMILES string of the molecule is CCS[C@@H]1O[C@H](COCc2ccccc2)[C@@H](O)[C@H](O[C@@H]2O[C@H](COC(C)=O)[C@H](OC(C)=O)[C@H](OCc3ccccc3)[C@H]2OC(=O)CCl)[C@H]1N=[N+]=[N-]. The Morgan fingerprint density at radius 1 is 0.882 bits per heavy atom. The maximum absolute atomic E-state index is 12.8. The molecule has 2 aromatic rings. The number of alkyl halides is 1. The third kappa shape index (κ3) is 11.8. The molecule has 17 heteroatoms. The van der Waals surface area contributed by atoms with Crippen molar-refractivity contribution in [2.45, 2.75) is 94.5 Å². The second-order valence-electron chi connectivity index (χ2n) is 11.6. The van der Waals surface area contributed by atoms with E-state index >= 15 is 0 Å². The van der Waals surface area contributed by atoms with Gasteiger partial charge < -0.3 is 43.0 Å². The molecule has 2 aliphatic rings. The lowest BCUT2D eigenvalue weighted by molar-refractivity contribution is -0.336. The summed E-state index contributed by atoms with van der Waals surface area (Å²) in [7, 11) is 0. The highest BCUT2D eigenvalue weighted by molar-refractivity contribution is 7.99. The van der Waals surface area contributed by atoms with Gasteiger partial charge in [-0.2, -0.15) is 0 Å². The molecule has 1 N–H and O–H groups in total. The van der Waals surface area contributed by atoms with Crippen LogP contribution in [0.25, 0.3) is 10.4 Å². The van der Waals surface area contributed by atoms with Gasteiger partial charge in [-0.25, -0.2) is 0 Å². The fourth-order valence-corrected chi connectivity index (χ4v) is 6.64. The minimum atomic E-state index is -1.56. The first kappa shape index (κ1) is 40.3. The monoisotopic (exact) mass is 751 g/mol. The predicted octanol–water partition coefficient (Wildman–Crippen LogP) is 4.06. The zero-order valence-electron chi connectivity index (χ0n) is 28.4. The number of azide groups is 1. The molecule has 0 aromatic heterocycles. The molecule has 0 saturated carbocycles. The van der Waals surface area contributed by atoms with Gasteiger partial charge in [0.05, 0.1) is 19.8 Å². The Morgan fingerprint density at radius 2 is 1.55 bits per heavy atom. The fourth-order valence-electron chi connectivity index (χ4n) is 5.63. The van der Waals surface area contributed by atoms with E-state index in [0.29, 0.717) is 5.75 Å². The number of hydrogen-bond donors (Lipinski definition) is 1. The van der Waals surface area contributed by atoms with Crippen LogP contribution in [-0.4, -0.2) is 108 Å². The molecule has 2 heterocycles. The van der Waals surface area contributed by atoms with Gasteiger partial charge in [0.1, 0.15) is 54.5 Å². The van der Waals surface area contributed by atoms with E-state index in [9.17, 15) is 25.0 Å². The number of thioether (sulfide) groups is 1. The highest BCUT2D eigenvalue weighted by Crippen LogP contribution is 2.37. The molecule has 0 spiro atoms. The van der Waals surface area contributed by atoms with Crippen LogP contribution < -0.4 is 0 Å². The lowest BCUT2D eigenvalue weighted by atomic mass is 9.96. The maximum atomic E-state index is 12.8. The summed E-state index contributed by atoms with van der Waals surface area (Å²) >= 11 is 7.18. The number of carbonyl (C=O) groups is 3. The highest BCUT2D eigenvalue weighted by atomic mass is 35.5. The average molecular weight is 752 g/mol. The minimum Gasteiger partial charge on any atom is -0.463 e. The smallest absolute Gasteiger partial charge is 0.321 e. The Bertz CT molecular complexity index is 1460. The summed E-state index contributed by atoms with van der Waals surface area (Å²) in [5.41, 5.74) is 10.4. The number of carbonyl (C=O) groups excluding carboxylic acids is 3. The maximum Gasteiger partial charge on any atom is 0.321 e. The summed E-state index contributed by atoms with van der Waals surface area (Å²) in [6.07, 6.45) is -10.4. The molecule has 4 rings (SSSR count). The molecule has 10 atom stereocenters. The van der Waals surface area contributed by atoms with E-state index in [4.69, 9.17) is 49.5 Å². The lowest BCUT2D eigenvalue weighted by Crippen LogP contribution is -2.65. The van der Waals surface area contributed by atoms with Gasteiger partial charge in [0.15, 0.2) is 18.5 Å². The number of aliphatic hydroxyl groups excluding tert-OH is 1. The Labute approximate surface area is 304 Å². The number of nitrogens with zero attached hydrogens (tertiary/aromatic N) is 3. The van der Waals surface area contributed by atoms with Crippen LogP contribution >= 0.6 is 23.4 Å². The van der Waals surface area contributed by atoms with Gasteiger partial charge in [-0.1, -0.05) is 72.7 Å². The first-order valence-corrected chi connectivity index (χ1v) is 17.9. The van der Waals surface area contributed by atoms with Gasteiger partial charge in [-0.3, -0.25) is 14.4 Å². The van der Waals surface area contributed by atoms with Crippen LogP contribution in [0.4, 0.5) is 0 Å². The van der Waals surface area contributed by atoms with E-state index in [1.165, 1.54) is 25.6 Å². The number of rotatable bonds is 17. The van der Waals surface area contributed by atoms with E-state index in [0.717, 1.165) is 11.1 Å². The molecule has 278 valence electrons. The van der Waals surface area contributed by atoms with E-state index in [-0.39, 0.29) is 19.8 Å². The van der Waals surface area contributed by atoms with Crippen LogP contribution in [0.5, 0.6) is 0 Å². The largest absolute Gasteiger partial charge is 0.463 e. The third-order valence-corrected chi connectivity index (χ3v) is 9.12. The molecule has 0 unspecified atom stereocenters. The first-order chi connectivity index (χ1) is 24.6. The number of benzene rings is 2. The standard InChI is InChI=1S/C34H42ClN3O12S/c1-4-51-34-27(37-38-36)30(28(42)24(48-34)18-43-16-22-11-7-5-8-12-22)50-33-32(49-26(41)15-35)31(45-17-23-13-9-6-10-14-23)29(46-21(3)40)25(47-33)19-44-20(2)39/h5-14,24-25,27-34,42H,4,15-19H2,1-3H3/t24-,25-,27-,28-,29+,30-,31+,32-,33+,34+/m1/s1. The Morgan fingerprint density at radius 3 is 2.14 bits per heavy atom. The summed E-state index contributed by atoms with van der Waals surface area (Å²) in [4.78, 5) is 40.0. The minimum absolute atomic E-state index is 0.0253. The molecule has 0 bridgehead atoms. The predicted molar refractivity (Wildman–Crippen MR) is 183 cm³/mol. The van der Waals surface area contributed by atoms with Gasteiger partial charge in [0, 0.05) is 18.8 Å². The van der Waals surface area contributed by atoms with Crippen molar-refractivity contribution < 1.29 is 57.4 Å². The average Bonchev–Trinajstić information content (AvgIpc) is 3.12. The molecular weight excluding hydrogens is 710 g/mol. The normalized spacial score (nSPS) is 29.0. The molecule has 2 aliphatic heterocycles. The molecule has 51 heavy (non-hydrogen) atoms. The van der Waals surface area contributed by atoms with Crippen molar-refractivity contribution in [3.63, 3.8) is 0 Å². The molecule has 0 amide bonds. The number of aliphatic hydroxyl groups is 1. The Hall–Kier alpha value is -3.44. The highest BCUT2D eigenvalue weighted by Gasteiger charge is 2.55. The first-order valence-electron chi connectivity index (χ1n) is 16.3. The second-order valence-corrected chi connectivity index (χ2v) is 13.2. The van der Waals surface area contributed by atoms with Gasteiger partial charge in [-0.05, 0) is 22.4 Å². The summed E-state index contributed by atoms with van der Waals surface area (Å²) in [5, 5.41) is 15.6. The van der Waals surface area contributed by atoms with E-state index in [1.54, 1.807) is 24.3 Å². The zero-order valence-corrected chi connectivity index (χ0v) is 29.9. The van der Waals surface area contributed by atoms with Crippen LogP contribution in [0, 0.1) is 0 Å². The molecule has 0 radical (unpaired) electrons. The molecule has 0 aliphatic carbocycles. The molecule has 2 fully saturated rings. The zero-order chi connectivity index (χ0) is 36.8. The Kier molecular flexibility index (Phi) is 16.3. The van der Waals surface area contributed by atoms with Crippen LogP contribution in [0.15, 0.2) is 65.8 Å². The van der Waals surface area contributed by atoms with Crippen molar-refractivity contribution in [1.29, 1.82) is 0 Å². The van der Waals surface area contributed by atoms with Crippen LogP contribution in [0.2, 0.25) is 0 Å². The number of hydrogen-bond acceptors (Lipinski definition) is 14. The number of halogens is 1. The van der Waals surface area contributed by atoms with Gasteiger partial charge in [0.2, 0.25) is 0 Å². The third-order valence-electron chi connectivity index (χ3n) is 7.85. The van der Waals surface area contributed by atoms with Crippen LogP contribution in [0.3, 0.4) is 0 Å². The van der Waals surface area contributed by atoms with Crippen molar-refractivity contribution in [1.82, 2.24) is 0 Å². The number of esters is 3. The summed E-state index contributed by atoms with van der Waals surface area (Å²) in [6, 6.07) is 17.4. The summed E-state index contributed by atoms with van der Waals surface area (Å²) in [6.45, 7) is 4.01. The molecular formula is C34H42ClN3O12S. The van der Waals surface area contributed by atoms with Crippen molar-refractivity contribution in [2.75, 3.05) is 24.8 Å². The van der Waals surface area contributed by atoms with Gasteiger partial charge in [-0.15, -0.1) is 23.4 Å². The van der Waals surface area contributed by atoms with Crippen LogP contribution in [-0.2, 0) is 65.5 Å². The van der Waals surface area contributed by atoms with Crippen molar-refractivity contribution >= 4 is 41.3 Å².